The molecule has 30 heavy (non-hydrogen) atoms. The van der Waals surface area contributed by atoms with E-state index in [0.29, 0.717) is 25.3 Å². The summed E-state index contributed by atoms with van der Waals surface area (Å²) in [5.74, 6) is 2.55. The van der Waals surface area contributed by atoms with E-state index in [-0.39, 0.29) is 5.91 Å². The van der Waals surface area contributed by atoms with Crippen LogP contribution in [-0.2, 0) is 0 Å². The van der Waals surface area contributed by atoms with Crippen LogP contribution < -0.4 is 14.4 Å². The summed E-state index contributed by atoms with van der Waals surface area (Å²) in [6.45, 7) is 7.47. The van der Waals surface area contributed by atoms with E-state index in [0.717, 1.165) is 41.3 Å². The van der Waals surface area contributed by atoms with Crippen molar-refractivity contribution in [1.82, 2.24) is 9.88 Å². The molecule has 1 aliphatic rings. The van der Waals surface area contributed by atoms with E-state index in [1.165, 1.54) is 5.56 Å². The zero-order chi connectivity index (χ0) is 21.1. The highest BCUT2D eigenvalue weighted by Crippen LogP contribution is 2.29. The number of pyridine rings is 1. The summed E-state index contributed by atoms with van der Waals surface area (Å²) < 4.78 is 11.0. The van der Waals surface area contributed by atoms with Crippen LogP contribution in [0.4, 0.5) is 5.82 Å². The Bertz CT molecular complexity index is 1040. The maximum absolute atomic E-state index is 12.9. The molecule has 6 heteroatoms. The maximum Gasteiger partial charge on any atom is 0.253 e. The fourth-order valence-corrected chi connectivity index (χ4v) is 3.88. The van der Waals surface area contributed by atoms with Gasteiger partial charge in [0.2, 0.25) is 0 Å². The fourth-order valence-electron chi connectivity index (χ4n) is 3.88. The van der Waals surface area contributed by atoms with Gasteiger partial charge in [-0.2, -0.15) is 0 Å². The quantitative estimate of drug-likeness (QED) is 0.644. The van der Waals surface area contributed by atoms with E-state index < -0.39 is 0 Å². The first kappa shape index (κ1) is 20.0. The van der Waals surface area contributed by atoms with Crippen LogP contribution in [0.1, 0.15) is 22.8 Å². The number of fused-ring (bicyclic) bond motifs is 1. The van der Waals surface area contributed by atoms with Gasteiger partial charge in [-0.3, -0.25) is 4.79 Å². The van der Waals surface area contributed by atoms with E-state index in [9.17, 15) is 4.79 Å². The van der Waals surface area contributed by atoms with Crippen LogP contribution in [-0.4, -0.2) is 55.7 Å². The Labute approximate surface area is 177 Å². The monoisotopic (exact) mass is 405 g/mol. The van der Waals surface area contributed by atoms with Crippen molar-refractivity contribution >= 4 is 22.6 Å². The van der Waals surface area contributed by atoms with Gasteiger partial charge in [0.25, 0.3) is 5.91 Å². The molecule has 1 amide bonds. The molecule has 1 fully saturated rings. The Morgan fingerprint density at radius 2 is 1.80 bits per heavy atom. The molecule has 1 aliphatic heterocycles. The molecule has 0 bridgehead atoms. The summed E-state index contributed by atoms with van der Waals surface area (Å²) in [5, 5.41) is 1.10. The molecule has 1 saturated heterocycles. The first-order valence-corrected chi connectivity index (χ1v) is 10.3. The highest BCUT2D eigenvalue weighted by atomic mass is 16.5. The van der Waals surface area contributed by atoms with Gasteiger partial charge >= 0.3 is 0 Å². The molecule has 0 saturated carbocycles. The number of piperazine rings is 1. The van der Waals surface area contributed by atoms with Crippen LogP contribution in [0, 0.1) is 6.92 Å². The van der Waals surface area contributed by atoms with Gasteiger partial charge in [0.05, 0.1) is 13.7 Å². The molecule has 0 aliphatic carbocycles. The molecule has 6 nitrogen and oxygen atoms in total. The molecule has 0 atom stereocenters. The standard InChI is InChI=1S/C24H27N3O3/c1-4-30-19-10-8-18(9-11-19)24(28)27-14-12-26(13-15-27)22-16-17(2)20-6-5-7-21(29-3)23(20)25-22/h5-11,16H,4,12-15H2,1-3H3. The third-order valence-corrected chi connectivity index (χ3v) is 5.52. The van der Waals surface area contributed by atoms with Crippen LogP contribution in [0.25, 0.3) is 10.9 Å². The lowest BCUT2D eigenvalue weighted by atomic mass is 10.1. The van der Waals surface area contributed by atoms with E-state index in [2.05, 4.69) is 24.0 Å². The lowest BCUT2D eigenvalue weighted by Gasteiger charge is -2.35. The number of anilines is 1. The molecule has 156 valence electrons. The fraction of sp³-hybridized carbons (Fsp3) is 0.333. The average Bonchev–Trinajstić information content (AvgIpc) is 2.79. The van der Waals surface area contributed by atoms with Crippen molar-refractivity contribution in [2.75, 3.05) is 44.8 Å². The number of aryl methyl sites for hydroxylation is 1. The van der Waals surface area contributed by atoms with Crippen LogP contribution in [0.5, 0.6) is 11.5 Å². The summed E-state index contributed by atoms with van der Waals surface area (Å²) in [6.07, 6.45) is 0. The number of carbonyl (C=O) groups is 1. The topological polar surface area (TPSA) is 54.9 Å². The first-order valence-electron chi connectivity index (χ1n) is 10.3. The maximum atomic E-state index is 12.9. The molecule has 0 unspecified atom stereocenters. The van der Waals surface area contributed by atoms with Crippen molar-refractivity contribution in [3.8, 4) is 11.5 Å². The molecule has 2 heterocycles. The molecule has 3 aromatic rings. The minimum Gasteiger partial charge on any atom is -0.494 e. The lowest BCUT2D eigenvalue weighted by molar-refractivity contribution is 0.0746. The summed E-state index contributed by atoms with van der Waals surface area (Å²) in [7, 11) is 1.67. The summed E-state index contributed by atoms with van der Waals surface area (Å²) >= 11 is 0. The molecule has 2 aromatic carbocycles. The third kappa shape index (κ3) is 3.90. The minimum absolute atomic E-state index is 0.0574. The number of aromatic nitrogens is 1. The number of amides is 1. The number of nitrogens with zero attached hydrogens (tertiary/aromatic N) is 3. The molecular weight excluding hydrogens is 378 g/mol. The second kappa shape index (κ2) is 8.61. The van der Waals surface area contributed by atoms with E-state index >= 15 is 0 Å². The first-order chi connectivity index (χ1) is 14.6. The number of rotatable bonds is 5. The Hall–Kier alpha value is -3.28. The zero-order valence-electron chi connectivity index (χ0n) is 17.7. The third-order valence-electron chi connectivity index (χ3n) is 5.52. The van der Waals surface area contributed by atoms with Crippen molar-refractivity contribution in [3.63, 3.8) is 0 Å². The number of carbonyl (C=O) groups excluding carboxylic acids is 1. The van der Waals surface area contributed by atoms with E-state index in [1.54, 1.807) is 7.11 Å². The van der Waals surface area contributed by atoms with Crippen LogP contribution in [0.2, 0.25) is 0 Å². The van der Waals surface area contributed by atoms with E-state index in [1.807, 2.05) is 48.2 Å². The summed E-state index contributed by atoms with van der Waals surface area (Å²) in [6, 6.07) is 15.5. The summed E-state index contributed by atoms with van der Waals surface area (Å²) in [4.78, 5) is 21.9. The van der Waals surface area contributed by atoms with Crippen LogP contribution in [0.15, 0.2) is 48.5 Å². The lowest BCUT2D eigenvalue weighted by Crippen LogP contribution is -2.49. The zero-order valence-corrected chi connectivity index (χ0v) is 17.7. The second-order valence-electron chi connectivity index (χ2n) is 7.39. The van der Waals surface area contributed by atoms with Gasteiger partial charge in [-0.15, -0.1) is 0 Å². The van der Waals surface area contributed by atoms with Gasteiger partial charge in [0.1, 0.15) is 22.8 Å². The Balaban J connectivity index is 1.47. The largest absolute Gasteiger partial charge is 0.494 e. The average molecular weight is 405 g/mol. The Morgan fingerprint density at radius 1 is 1.07 bits per heavy atom. The Kier molecular flexibility index (Phi) is 5.74. The molecule has 1 aromatic heterocycles. The molecule has 0 N–H and O–H groups in total. The SMILES string of the molecule is CCOc1ccc(C(=O)N2CCN(c3cc(C)c4cccc(OC)c4n3)CC2)cc1. The number of hydrogen-bond acceptors (Lipinski definition) is 5. The van der Waals surface area contributed by atoms with Gasteiger partial charge < -0.3 is 19.3 Å². The number of para-hydroxylation sites is 1. The van der Waals surface area contributed by atoms with Crippen LogP contribution in [0.3, 0.4) is 0 Å². The normalized spacial score (nSPS) is 14.1. The predicted octanol–water partition coefficient (Wildman–Crippen LogP) is 3.91. The van der Waals surface area contributed by atoms with Crippen molar-refractivity contribution in [2.45, 2.75) is 13.8 Å². The molecular formula is C24H27N3O3. The van der Waals surface area contributed by atoms with Crippen molar-refractivity contribution in [1.29, 1.82) is 0 Å². The van der Waals surface area contributed by atoms with Crippen molar-refractivity contribution in [3.05, 3.63) is 59.7 Å². The number of methoxy groups -OCH3 is 1. The van der Waals surface area contributed by atoms with Gasteiger partial charge in [-0.25, -0.2) is 4.98 Å². The van der Waals surface area contributed by atoms with E-state index in [4.69, 9.17) is 14.5 Å². The highest BCUT2D eigenvalue weighted by molar-refractivity contribution is 5.94. The number of benzene rings is 2. The Morgan fingerprint density at radius 3 is 2.47 bits per heavy atom. The highest BCUT2D eigenvalue weighted by Gasteiger charge is 2.23. The second-order valence-corrected chi connectivity index (χ2v) is 7.39. The van der Waals surface area contributed by atoms with Crippen molar-refractivity contribution < 1.29 is 14.3 Å². The smallest absolute Gasteiger partial charge is 0.253 e. The van der Waals surface area contributed by atoms with Gasteiger partial charge in [-0.05, 0) is 55.8 Å². The number of ether oxygens (including phenoxy) is 2. The predicted molar refractivity (Wildman–Crippen MR) is 119 cm³/mol. The van der Waals surface area contributed by atoms with Gasteiger partial charge in [0.15, 0.2) is 0 Å². The minimum atomic E-state index is 0.0574. The molecule has 0 radical (unpaired) electrons. The van der Waals surface area contributed by atoms with Crippen molar-refractivity contribution in [2.24, 2.45) is 0 Å². The van der Waals surface area contributed by atoms with Crippen LogP contribution >= 0.6 is 0 Å². The summed E-state index contributed by atoms with van der Waals surface area (Å²) in [5.41, 5.74) is 2.74. The van der Waals surface area contributed by atoms with Gasteiger partial charge in [-0.1, -0.05) is 12.1 Å². The molecule has 0 spiro atoms. The van der Waals surface area contributed by atoms with Gasteiger partial charge in [0, 0.05) is 37.1 Å². The molecule has 4 rings (SSSR count). The number of hydrogen-bond donors (Lipinski definition) is 0.